The Morgan fingerprint density at radius 3 is 2.48 bits per heavy atom. The molecule has 0 aromatic heterocycles. The van der Waals surface area contributed by atoms with Crippen molar-refractivity contribution < 1.29 is 19.4 Å². The first-order chi connectivity index (χ1) is 13.1. The molecule has 2 aromatic carbocycles. The van der Waals surface area contributed by atoms with Crippen LogP contribution in [0.4, 0.5) is 11.4 Å². The molecule has 0 unspecified atom stereocenters. The van der Waals surface area contributed by atoms with Crippen molar-refractivity contribution in [3.63, 3.8) is 0 Å². The molecule has 1 amide bonds. The van der Waals surface area contributed by atoms with Gasteiger partial charge in [0, 0.05) is 32.2 Å². The molecule has 0 radical (unpaired) electrons. The number of ether oxygens (including phenoxy) is 2. The van der Waals surface area contributed by atoms with Crippen molar-refractivity contribution in [3.05, 3.63) is 42.5 Å². The molecule has 1 heterocycles. The summed E-state index contributed by atoms with van der Waals surface area (Å²) >= 11 is 0. The van der Waals surface area contributed by atoms with Crippen LogP contribution in [0.25, 0.3) is 0 Å². The van der Waals surface area contributed by atoms with Gasteiger partial charge in [-0.05, 0) is 24.3 Å². The van der Waals surface area contributed by atoms with Crippen LogP contribution in [0.1, 0.15) is 0 Å². The first-order valence-electron chi connectivity index (χ1n) is 8.88. The molecule has 7 heteroatoms. The highest BCUT2D eigenvalue weighted by molar-refractivity contribution is 5.93. The normalized spacial score (nSPS) is 14.7. The van der Waals surface area contributed by atoms with Gasteiger partial charge in [-0.15, -0.1) is 0 Å². The number of aromatic hydroxyl groups is 1. The van der Waals surface area contributed by atoms with Gasteiger partial charge < -0.3 is 24.8 Å². The highest BCUT2D eigenvalue weighted by Gasteiger charge is 2.21. The summed E-state index contributed by atoms with van der Waals surface area (Å²) in [6, 6.07) is 12.6. The molecule has 7 nitrogen and oxygen atoms in total. The van der Waals surface area contributed by atoms with E-state index in [4.69, 9.17) is 9.47 Å². The van der Waals surface area contributed by atoms with Crippen molar-refractivity contribution in [3.8, 4) is 17.2 Å². The molecule has 1 saturated heterocycles. The van der Waals surface area contributed by atoms with Gasteiger partial charge in [0.05, 0.1) is 32.1 Å². The van der Waals surface area contributed by atoms with Crippen molar-refractivity contribution in [1.29, 1.82) is 0 Å². The summed E-state index contributed by atoms with van der Waals surface area (Å²) in [6.07, 6.45) is 0. The number of carbonyl (C=O) groups is 1. The van der Waals surface area contributed by atoms with E-state index in [0.29, 0.717) is 23.7 Å². The molecular weight excluding hydrogens is 346 g/mol. The molecule has 144 valence electrons. The van der Waals surface area contributed by atoms with Crippen LogP contribution in [0, 0.1) is 0 Å². The Kier molecular flexibility index (Phi) is 6.03. The number of hydrogen-bond donors (Lipinski definition) is 2. The van der Waals surface area contributed by atoms with Crippen molar-refractivity contribution in [1.82, 2.24) is 4.90 Å². The van der Waals surface area contributed by atoms with Gasteiger partial charge in [-0.1, -0.05) is 12.1 Å². The lowest BCUT2D eigenvalue weighted by Gasteiger charge is -2.35. The van der Waals surface area contributed by atoms with Crippen LogP contribution in [0.2, 0.25) is 0 Å². The van der Waals surface area contributed by atoms with E-state index in [1.165, 1.54) is 0 Å². The molecule has 1 fully saturated rings. The Balaban J connectivity index is 1.53. The van der Waals surface area contributed by atoms with E-state index < -0.39 is 0 Å². The minimum absolute atomic E-state index is 0.0884. The second-order valence-electron chi connectivity index (χ2n) is 6.37. The maximum absolute atomic E-state index is 12.4. The smallest absolute Gasteiger partial charge is 0.238 e. The first kappa shape index (κ1) is 18.8. The zero-order valence-electron chi connectivity index (χ0n) is 15.6. The lowest BCUT2D eigenvalue weighted by Crippen LogP contribution is -2.48. The molecule has 3 rings (SSSR count). The number of nitrogens with one attached hydrogen (secondary N) is 1. The minimum Gasteiger partial charge on any atom is -0.506 e. The topological polar surface area (TPSA) is 74.3 Å². The molecular formula is C20H25N3O4. The summed E-state index contributed by atoms with van der Waals surface area (Å²) in [6.45, 7) is 3.33. The molecule has 0 bridgehead atoms. The summed E-state index contributed by atoms with van der Waals surface area (Å²) in [5, 5.41) is 12.9. The van der Waals surface area contributed by atoms with Gasteiger partial charge in [-0.25, -0.2) is 0 Å². The van der Waals surface area contributed by atoms with E-state index in [-0.39, 0.29) is 11.7 Å². The quantitative estimate of drug-likeness (QED) is 0.811. The van der Waals surface area contributed by atoms with E-state index in [2.05, 4.69) is 15.1 Å². The Morgan fingerprint density at radius 1 is 1.07 bits per heavy atom. The highest BCUT2D eigenvalue weighted by atomic mass is 16.5. The van der Waals surface area contributed by atoms with Crippen molar-refractivity contribution in [2.24, 2.45) is 0 Å². The van der Waals surface area contributed by atoms with Gasteiger partial charge in [0.25, 0.3) is 0 Å². The summed E-state index contributed by atoms with van der Waals surface area (Å²) in [4.78, 5) is 16.6. The fourth-order valence-corrected chi connectivity index (χ4v) is 3.17. The van der Waals surface area contributed by atoms with Gasteiger partial charge in [0.2, 0.25) is 5.91 Å². The molecule has 2 aromatic rings. The van der Waals surface area contributed by atoms with Crippen LogP contribution >= 0.6 is 0 Å². The monoisotopic (exact) mass is 371 g/mol. The van der Waals surface area contributed by atoms with Crippen LogP contribution < -0.4 is 19.7 Å². The Labute approximate surface area is 159 Å². The number of carbonyl (C=O) groups excluding carboxylic acids is 1. The zero-order chi connectivity index (χ0) is 19.2. The zero-order valence-corrected chi connectivity index (χ0v) is 15.6. The number of phenols is 1. The summed E-state index contributed by atoms with van der Waals surface area (Å²) in [5.74, 6) is 1.43. The third kappa shape index (κ3) is 4.62. The highest BCUT2D eigenvalue weighted by Crippen LogP contribution is 2.29. The maximum atomic E-state index is 12.4. The third-order valence-corrected chi connectivity index (χ3v) is 4.64. The van der Waals surface area contributed by atoms with Gasteiger partial charge in [0.1, 0.15) is 17.2 Å². The number of para-hydroxylation sites is 2. The molecule has 1 aliphatic heterocycles. The summed E-state index contributed by atoms with van der Waals surface area (Å²) in [5.41, 5.74) is 1.46. The lowest BCUT2D eigenvalue weighted by molar-refractivity contribution is -0.117. The molecule has 0 saturated carbocycles. The number of hydrogen-bond acceptors (Lipinski definition) is 6. The number of amides is 1. The van der Waals surface area contributed by atoms with E-state index >= 15 is 0 Å². The molecule has 0 spiro atoms. The molecule has 1 aliphatic rings. The fraction of sp³-hybridized carbons (Fsp3) is 0.350. The largest absolute Gasteiger partial charge is 0.506 e. The van der Waals surface area contributed by atoms with E-state index in [9.17, 15) is 9.90 Å². The molecule has 2 N–H and O–H groups in total. The predicted octanol–water partition coefficient (Wildman–Crippen LogP) is 2.17. The van der Waals surface area contributed by atoms with Gasteiger partial charge >= 0.3 is 0 Å². The molecule has 0 atom stereocenters. The Morgan fingerprint density at radius 2 is 1.81 bits per heavy atom. The number of nitrogens with zero attached hydrogens (tertiary/aromatic N) is 2. The SMILES string of the molecule is COc1ccc(NC(=O)CN2CCN(c3ccccc3O)CC2)c(OC)c1. The van der Waals surface area contributed by atoms with Crippen LogP contribution in [-0.2, 0) is 4.79 Å². The summed E-state index contributed by atoms with van der Waals surface area (Å²) in [7, 11) is 3.14. The van der Waals surface area contributed by atoms with Crippen molar-refractivity contribution in [2.45, 2.75) is 0 Å². The fourth-order valence-electron chi connectivity index (χ4n) is 3.17. The third-order valence-electron chi connectivity index (χ3n) is 4.64. The second-order valence-corrected chi connectivity index (χ2v) is 6.37. The van der Waals surface area contributed by atoms with E-state index in [1.54, 1.807) is 38.5 Å². The van der Waals surface area contributed by atoms with Crippen LogP contribution in [0.3, 0.4) is 0 Å². The number of methoxy groups -OCH3 is 2. The second kappa shape index (κ2) is 8.64. The number of rotatable bonds is 6. The standard InChI is InChI=1S/C20H25N3O4/c1-26-15-7-8-16(19(13-15)27-2)21-20(25)14-22-9-11-23(12-10-22)17-5-3-4-6-18(17)24/h3-8,13,24H,9-12,14H2,1-2H3,(H,21,25). The van der Waals surface area contributed by atoms with Crippen molar-refractivity contribution >= 4 is 17.3 Å². The first-order valence-corrected chi connectivity index (χ1v) is 8.88. The van der Waals surface area contributed by atoms with Gasteiger partial charge in [-0.2, -0.15) is 0 Å². The van der Waals surface area contributed by atoms with Gasteiger partial charge in [0.15, 0.2) is 0 Å². The van der Waals surface area contributed by atoms with E-state index in [0.717, 1.165) is 31.9 Å². The number of phenolic OH excluding ortho intramolecular Hbond substituents is 1. The summed E-state index contributed by atoms with van der Waals surface area (Å²) < 4.78 is 10.5. The van der Waals surface area contributed by atoms with Gasteiger partial charge in [-0.3, -0.25) is 9.69 Å². The average molecular weight is 371 g/mol. The molecule has 0 aliphatic carbocycles. The maximum Gasteiger partial charge on any atom is 0.238 e. The minimum atomic E-state index is -0.0884. The predicted molar refractivity (Wildman–Crippen MR) is 105 cm³/mol. The van der Waals surface area contributed by atoms with Crippen LogP contribution in [-0.4, -0.2) is 62.9 Å². The van der Waals surface area contributed by atoms with Crippen LogP contribution in [0.15, 0.2) is 42.5 Å². The lowest BCUT2D eigenvalue weighted by atomic mass is 10.2. The average Bonchev–Trinajstić information content (AvgIpc) is 2.69. The van der Waals surface area contributed by atoms with Crippen molar-refractivity contribution in [2.75, 3.05) is 57.2 Å². The number of benzene rings is 2. The van der Waals surface area contributed by atoms with Crippen LogP contribution in [0.5, 0.6) is 17.2 Å². The Hall–Kier alpha value is -2.93. The number of piperazine rings is 1. The molecule has 27 heavy (non-hydrogen) atoms. The number of anilines is 2. The Bertz CT molecular complexity index is 789. The van der Waals surface area contributed by atoms with E-state index in [1.807, 2.05) is 18.2 Å².